The molecule has 10 heteroatoms. The van der Waals surface area contributed by atoms with Crippen LogP contribution in [0.25, 0.3) is 0 Å². The molecule has 10 nitrogen and oxygen atoms in total. The Morgan fingerprint density at radius 1 is 0.870 bits per heavy atom. The third-order valence-corrected chi connectivity index (χ3v) is 9.37. The summed E-state index contributed by atoms with van der Waals surface area (Å²) in [6.45, 7) is 0.0938. The van der Waals surface area contributed by atoms with Crippen LogP contribution in [-0.4, -0.2) is 66.7 Å². The number of aliphatic hydroxyl groups excluding tert-OH is 2. The van der Waals surface area contributed by atoms with Crippen molar-refractivity contribution in [2.75, 3.05) is 5.73 Å². The highest BCUT2D eigenvalue weighted by molar-refractivity contribution is 5.98. The number of urea groups is 1. The lowest BCUT2D eigenvalue weighted by Crippen LogP contribution is -2.52. The molecule has 0 aromatic heterocycles. The van der Waals surface area contributed by atoms with Gasteiger partial charge in [-0.1, -0.05) is 78.9 Å². The summed E-state index contributed by atoms with van der Waals surface area (Å²) in [5, 5.41) is 39.8. The summed E-state index contributed by atoms with van der Waals surface area (Å²) in [5.41, 5.74) is 14.9. The number of nitrogens with zero attached hydrogens (tertiary/aromatic N) is 2. The van der Waals surface area contributed by atoms with Crippen molar-refractivity contribution in [1.82, 2.24) is 9.80 Å². The van der Waals surface area contributed by atoms with Crippen molar-refractivity contribution in [1.29, 1.82) is 0 Å². The topological polar surface area (TPSA) is 179 Å². The molecule has 0 radical (unpaired) electrons. The highest BCUT2D eigenvalue weighted by Crippen LogP contribution is 2.60. The third kappa shape index (κ3) is 5.68. The van der Waals surface area contributed by atoms with Crippen molar-refractivity contribution in [2.24, 2.45) is 5.73 Å². The van der Waals surface area contributed by atoms with Crippen molar-refractivity contribution >= 4 is 23.5 Å². The number of carbonyl (C=O) groups is 2. The number of hydrogen-bond donors (Lipinski definition) is 6. The Morgan fingerprint density at radius 2 is 1.52 bits per heavy atom. The van der Waals surface area contributed by atoms with Gasteiger partial charge in [-0.15, -0.1) is 0 Å². The Balaban J connectivity index is 1.48. The number of benzene rings is 4. The highest BCUT2D eigenvalue weighted by atomic mass is 16.4. The molecule has 1 saturated carbocycles. The van der Waals surface area contributed by atoms with Crippen molar-refractivity contribution in [2.45, 2.75) is 55.6 Å². The van der Waals surface area contributed by atoms with Gasteiger partial charge in [0.1, 0.15) is 12.2 Å². The monoisotopic (exact) mass is 620 g/mol. The number of amides is 2. The molecule has 236 valence electrons. The molecule has 2 amide bonds. The van der Waals surface area contributed by atoms with Crippen LogP contribution in [0.4, 0.5) is 10.5 Å². The van der Waals surface area contributed by atoms with E-state index < -0.39 is 35.8 Å². The fourth-order valence-corrected chi connectivity index (χ4v) is 6.93. The normalized spacial score (nSPS) is 24.1. The van der Waals surface area contributed by atoms with Crippen LogP contribution in [0.1, 0.15) is 50.5 Å². The first-order chi connectivity index (χ1) is 22.1. The number of nitrogen functional groups attached to an aromatic ring is 1. The molecule has 1 saturated heterocycles. The number of hydrogen-bond acceptors (Lipinski definition) is 5. The first-order valence-corrected chi connectivity index (χ1v) is 15.2. The van der Waals surface area contributed by atoms with Gasteiger partial charge in [0.15, 0.2) is 0 Å². The van der Waals surface area contributed by atoms with E-state index in [0.29, 0.717) is 28.8 Å². The number of carbonyl (C=O) groups excluding carboxylic acids is 1. The van der Waals surface area contributed by atoms with E-state index in [-0.39, 0.29) is 36.8 Å². The maximum atomic E-state index is 15.0. The first-order valence-electron chi connectivity index (χ1n) is 15.2. The van der Waals surface area contributed by atoms with E-state index in [1.54, 1.807) is 40.1 Å². The van der Waals surface area contributed by atoms with Gasteiger partial charge in [0.25, 0.3) is 5.84 Å². The second-order valence-corrected chi connectivity index (χ2v) is 12.2. The van der Waals surface area contributed by atoms with Crippen LogP contribution in [0.15, 0.2) is 103 Å². The average Bonchev–Trinajstić information content (AvgIpc) is 3.82. The van der Waals surface area contributed by atoms with Gasteiger partial charge in [-0.05, 0) is 59.4 Å². The average molecular weight is 621 g/mol. The molecule has 1 aliphatic heterocycles. The molecule has 4 aromatic rings. The molecule has 1 unspecified atom stereocenters. The lowest BCUT2D eigenvalue weighted by atomic mass is 9.90. The molecule has 1 aliphatic carbocycles. The van der Waals surface area contributed by atoms with E-state index in [0.717, 1.165) is 11.1 Å². The lowest BCUT2D eigenvalue weighted by Gasteiger charge is -2.37. The van der Waals surface area contributed by atoms with Gasteiger partial charge in [-0.25, -0.2) is 9.59 Å². The zero-order chi connectivity index (χ0) is 32.6. The van der Waals surface area contributed by atoms with E-state index in [1.165, 1.54) is 12.1 Å². The van der Waals surface area contributed by atoms with E-state index >= 15 is 4.79 Å². The minimum atomic E-state index is -1.31. The summed E-state index contributed by atoms with van der Waals surface area (Å²) in [6.07, 6.45) is -1.91. The molecule has 46 heavy (non-hydrogen) atoms. The molecular weight excluding hydrogens is 582 g/mol. The zero-order valence-corrected chi connectivity index (χ0v) is 25.2. The van der Waals surface area contributed by atoms with Crippen molar-refractivity contribution in [3.63, 3.8) is 0 Å². The number of aliphatic hydroxyl groups is 2. The van der Waals surface area contributed by atoms with Gasteiger partial charge < -0.3 is 30.9 Å². The second-order valence-electron chi connectivity index (χ2n) is 12.2. The van der Waals surface area contributed by atoms with Crippen LogP contribution in [0.5, 0.6) is 0 Å². The van der Waals surface area contributed by atoms with Crippen LogP contribution in [-0.2, 0) is 19.5 Å². The van der Waals surface area contributed by atoms with E-state index in [2.05, 4.69) is 0 Å². The molecule has 2 aliphatic rings. The predicted octanol–water partition coefficient (Wildman–Crippen LogP) is 2.13. The van der Waals surface area contributed by atoms with Crippen LogP contribution < -0.4 is 16.9 Å². The highest BCUT2D eigenvalue weighted by Gasteiger charge is 2.68. The maximum Gasteiger partial charge on any atom is 0.335 e. The fraction of sp³-hybridized carbons (Fsp3) is 0.250. The molecule has 9 N–H and O–H groups in total. The predicted molar refractivity (Wildman–Crippen MR) is 173 cm³/mol. The van der Waals surface area contributed by atoms with Gasteiger partial charge in [-0.3, -0.25) is 11.1 Å². The van der Waals surface area contributed by atoms with Crippen molar-refractivity contribution in [3.8, 4) is 0 Å². The minimum Gasteiger partial charge on any atom is -0.478 e. The molecule has 2 fully saturated rings. The largest absolute Gasteiger partial charge is 0.478 e. The first kappa shape index (κ1) is 30.8. The molecule has 1 heterocycles. The van der Waals surface area contributed by atoms with E-state index in [4.69, 9.17) is 16.9 Å². The standard InChI is InChI=1S/C36H37N5O5/c37-29-15-14-24(17-27(29)33(38)39)20-40-30(18-22-8-3-1-4-9-22)31(42)32(43)36(19-28(36)25-11-5-2-6-12-25)41(35(40)46)21-23-10-7-13-26(16-23)34(44)45/h1-17,28,30-32,42-43H,18-21,37H2,(H3,38,39)(H,44,45)/p+1/t28?,30-,31+,32-,36+/m1/s1. The maximum absolute atomic E-state index is 15.0. The lowest BCUT2D eigenvalue weighted by molar-refractivity contribution is -0.114. The summed E-state index contributed by atoms with van der Waals surface area (Å²) in [6, 6.07) is 29.6. The van der Waals surface area contributed by atoms with Gasteiger partial charge in [0.2, 0.25) is 0 Å². The van der Waals surface area contributed by atoms with Crippen molar-refractivity contribution in [3.05, 3.63) is 137 Å². The number of carboxylic acids is 1. The summed E-state index contributed by atoms with van der Waals surface area (Å²) in [4.78, 5) is 30.1. The van der Waals surface area contributed by atoms with Crippen LogP contribution in [0.2, 0.25) is 0 Å². The molecule has 4 aromatic carbocycles. The molecule has 6 rings (SSSR count). The Kier molecular flexibility index (Phi) is 8.24. The molecular formula is C36H38N5O5+. The van der Waals surface area contributed by atoms with Crippen molar-refractivity contribution < 1.29 is 30.3 Å². The Morgan fingerprint density at radius 3 is 2.20 bits per heavy atom. The summed E-state index contributed by atoms with van der Waals surface area (Å²) in [5.74, 6) is -1.29. The van der Waals surface area contributed by atoms with Crippen LogP contribution in [0.3, 0.4) is 0 Å². The SMILES string of the molecule is NC(=[NH2+])c1cc(CN2C(=O)N(Cc3cccc(C(=O)O)c3)[C@]3(CC3c3ccccc3)[C@H](O)[C@@H](O)[C@H]2Cc2ccccc2)ccc1N. The second kappa shape index (κ2) is 12.3. The van der Waals surface area contributed by atoms with Gasteiger partial charge in [0.05, 0.1) is 22.7 Å². The molecule has 1 spiro atoms. The minimum absolute atomic E-state index is 0.0259. The number of aromatic carboxylic acids is 1. The number of rotatable bonds is 9. The number of amidine groups is 1. The summed E-state index contributed by atoms with van der Waals surface area (Å²) in [7, 11) is 0. The van der Waals surface area contributed by atoms with E-state index in [9.17, 15) is 20.1 Å². The summed E-state index contributed by atoms with van der Waals surface area (Å²) < 4.78 is 0. The third-order valence-electron chi connectivity index (χ3n) is 9.37. The summed E-state index contributed by atoms with van der Waals surface area (Å²) >= 11 is 0. The van der Waals surface area contributed by atoms with Gasteiger partial charge >= 0.3 is 12.0 Å². The molecule has 5 atom stereocenters. The van der Waals surface area contributed by atoms with Gasteiger partial charge in [-0.2, -0.15) is 0 Å². The zero-order valence-electron chi connectivity index (χ0n) is 25.2. The number of anilines is 1. The number of carboxylic acid groups (broad SMARTS) is 1. The smallest absolute Gasteiger partial charge is 0.335 e. The van der Waals surface area contributed by atoms with Crippen LogP contribution >= 0.6 is 0 Å². The van der Waals surface area contributed by atoms with E-state index in [1.807, 2.05) is 60.7 Å². The Labute approximate surface area is 267 Å². The molecule has 0 bridgehead atoms. The quantitative estimate of drug-likeness (QED) is 0.0942. The Hall–Kier alpha value is -5.19. The Bertz CT molecular complexity index is 1770. The number of nitrogens with two attached hydrogens (primary N) is 3. The fourth-order valence-electron chi connectivity index (χ4n) is 6.93. The van der Waals surface area contributed by atoms with Crippen LogP contribution in [0, 0.1) is 0 Å². The van der Waals surface area contributed by atoms with Gasteiger partial charge in [0, 0.05) is 24.7 Å².